The highest BCUT2D eigenvalue weighted by Crippen LogP contribution is 2.46. The summed E-state index contributed by atoms with van der Waals surface area (Å²) in [6.45, 7) is 4.77. The van der Waals surface area contributed by atoms with E-state index < -0.39 is 0 Å². The second-order valence-electron chi connectivity index (χ2n) is 4.99. The number of thioether (sulfide) groups is 1. The lowest BCUT2D eigenvalue weighted by molar-refractivity contribution is 0.326. The molecule has 1 N–H and O–H groups in total. The van der Waals surface area contributed by atoms with E-state index in [1.807, 2.05) is 11.8 Å². The van der Waals surface area contributed by atoms with E-state index in [4.69, 9.17) is 0 Å². The molecule has 2 unspecified atom stereocenters. The molecule has 0 aromatic rings. The molecule has 2 atom stereocenters. The Morgan fingerprint density at radius 2 is 2.21 bits per heavy atom. The maximum absolute atomic E-state index is 3.73. The van der Waals surface area contributed by atoms with Crippen molar-refractivity contribution in [3.8, 4) is 0 Å². The fourth-order valence-corrected chi connectivity index (χ4v) is 3.00. The van der Waals surface area contributed by atoms with Crippen LogP contribution in [0.15, 0.2) is 0 Å². The highest BCUT2D eigenvalue weighted by molar-refractivity contribution is 8.00. The van der Waals surface area contributed by atoms with Gasteiger partial charge in [0, 0.05) is 29.9 Å². The van der Waals surface area contributed by atoms with E-state index in [0.717, 1.165) is 12.1 Å². The van der Waals surface area contributed by atoms with Gasteiger partial charge in [-0.15, -0.1) is 0 Å². The summed E-state index contributed by atoms with van der Waals surface area (Å²) in [7, 11) is 2.23. The molecule has 0 radical (unpaired) electrons. The summed E-state index contributed by atoms with van der Waals surface area (Å²) in [6, 6.07) is 1.50. The molecule has 14 heavy (non-hydrogen) atoms. The Bertz CT molecular complexity index is 193. The topological polar surface area (TPSA) is 15.3 Å². The van der Waals surface area contributed by atoms with Crippen LogP contribution in [0.4, 0.5) is 0 Å². The summed E-state index contributed by atoms with van der Waals surface area (Å²) in [5, 5.41) is 3.73. The predicted octanol–water partition coefficient (Wildman–Crippen LogP) is 1.56. The van der Waals surface area contributed by atoms with Crippen molar-refractivity contribution in [2.24, 2.45) is 0 Å². The van der Waals surface area contributed by atoms with E-state index >= 15 is 0 Å². The quantitative estimate of drug-likeness (QED) is 0.764. The van der Waals surface area contributed by atoms with Gasteiger partial charge in [0.1, 0.15) is 0 Å². The Morgan fingerprint density at radius 3 is 2.64 bits per heavy atom. The van der Waals surface area contributed by atoms with Gasteiger partial charge in [-0.2, -0.15) is 11.8 Å². The van der Waals surface area contributed by atoms with E-state index in [9.17, 15) is 0 Å². The van der Waals surface area contributed by atoms with Crippen molar-refractivity contribution in [1.82, 2.24) is 10.2 Å². The second kappa shape index (κ2) is 4.03. The number of nitrogens with zero attached hydrogens (tertiary/aromatic N) is 1. The standard InChI is InChI=1S/C11H22N2S/c1-9-6-10(7-13(9)2)12-8-11(14-3)4-5-11/h9-10,12H,4-8H2,1-3H3. The van der Waals surface area contributed by atoms with Crippen molar-refractivity contribution >= 4 is 11.8 Å². The zero-order valence-corrected chi connectivity index (χ0v) is 10.4. The van der Waals surface area contributed by atoms with Crippen molar-refractivity contribution < 1.29 is 0 Å². The number of likely N-dealkylation sites (tertiary alicyclic amines) is 1. The summed E-state index contributed by atoms with van der Waals surface area (Å²) in [4.78, 5) is 2.45. The van der Waals surface area contributed by atoms with Crippen LogP contribution in [0.3, 0.4) is 0 Å². The number of hydrogen-bond donors (Lipinski definition) is 1. The van der Waals surface area contributed by atoms with Gasteiger partial charge in [-0.1, -0.05) is 0 Å². The maximum Gasteiger partial charge on any atom is 0.0282 e. The van der Waals surface area contributed by atoms with Crippen molar-refractivity contribution in [3.05, 3.63) is 0 Å². The molecular weight excluding hydrogens is 192 g/mol. The number of likely N-dealkylation sites (N-methyl/N-ethyl adjacent to an activating group) is 1. The summed E-state index contributed by atoms with van der Waals surface area (Å²) >= 11 is 2.05. The van der Waals surface area contributed by atoms with Gasteiger partial charge in [0.15, 0.2) is 0 Å². The average molecular weight is 214 g/mol. The summed E-state index contributed by atoms with van der Waals surface area (Å²) in [5.41, 5.74) is 0. The third-order valence-corrected chi connectivity index (χ3v) is 5.26. The Balaban J connectivity index is 1.72. The molecule has 1 heterocycles. The Hall–Kier alpha value is 0.270. The molecule has 0 amide bonds. The van der Waals surface area contributed by atoms with E-state index in [2.05, 4.69) is 30.4 Å². The Labute approximate surface area is 91.8 Å². The van der Waals surface area contributed by atoms with Gasteiger partial charge in [-0.3, -0.25) is 0 Å². The molecule has 0 aromatic heterocycles. The number of hydrogen-bond acceptors (Lipinski definition) is 3. The molecule has 2 aliphatic rings. The highest BCUT2D eigenvalue weighted by Gasteiger charge is 2.42. The molecule has 2 rings (SSSR count). The van der Waals surface area contributed by atoms with Gasteiger partial charge >= 0.3 is 0 Å². The van der Waals surface area contributed by atoms with Crippen LogP contribution in [0.1, 0.15) is 26.2 Å². The van der Waals surface area contributed by atoms with Gasteiger partial charge in [-0.05, 0) is 39.5 Å². The normalized spacial score (nSPS) is 36.2. The van der Waals surface area contributed by atoms with Crippen LogP contribution in [0.5, 0.6) is 0 Å². The largest absolute Gasteiger partial charge is 0.311 e. The lowest BCUT2D eigenvalue weighted by atomic mass is 10.2. The third kappa shape index (κ3) is 2.26. The monoisotopic (exact) mass is 214 g/mol. The SMILES string of the molecule is CSC1(CNC2CC(C)N(C)C2)CC1. The lowest BCUT2D eigenvalue weighted by Gasteiger charge is -2.17. The smallest absolute Gasteiger partial charge is 0.0282 e. The molecule has 82 valence electrons. The third-order valence-electron chi connectivity index (χ3n) is 3.84. The van der Waals surface area contributed by atoms with Crippen molar-refractivity contribution in [1.29, 1.82) is 0 Å². The Morgan fingerprint density at radius 1 is 1.50 bits per heavy atom. The summed E-state index contributed by atoms with van der Waals surface area (Å²) in [6.07, 6.45) is 6.40. The van der Waals surface area contributed by atoms with Gasteiger partial charge < -0.3 is 10.2 Å². The van der Waals surface area contributed by atoms with Gasteiger partial charge in [0.2, 0.25) is 0 Å². The van der Waals surface area contributed by atoms with Crippen LogP contribution in [0.2, 0.25) is 0 Å². The predicted molar refractivity (Wildman–Crippen MR) is 64.0 cm³/mol. The van der Waals surface area contributed by atoms with Crippen LogP contribution in [-0.2, 0) is 0 Å². The van der Waals surface area contributed by atoms with E-state index in [1.54, 1.807) is 0 Å². The molecule has 0 bridgehead atoms. The lowest BCUT2D eigenvalue weighted by Crippen LogP contribution is -2.36. The number of nitrogens with one attached hydrogen (secondary N) is 1. The van der Waals surface area contributed by atoms with Crippen molar-refractivity contribution in [2.45, 2.75) is 43.0 Å². The number of rotatable bonds is 4. The molecule has 2 fully saturated rings. The zero-order chi connectivity index (χ0) is 10.2. The first-order valence-electron chi connectivity index (χ1n) is 5.64. The van der Waals surface area contributed by atoms with Crippen molar-refractivity contribution in [2.75, 3.05) is 26.4 Å². The molecule has 1 aliphatic carbocycles. The van der Waals surface area contributed by atoms with Gasteiger partial charge in [0.05, 0.1) is 0 Å². The first kappa shape index (κ1) is 10.8. The molecule has 1 aliphatic heterocycles. The maximum atomic E-state index is 3.73. The van der Waals surface area contributed by atoms with Gasteiger partial charge in [0.25, 0.3) is 0 Å². The molecule has 2 nitrogen and oxygen atoms in total. The minimum atomic E-state index is 0.615. The minimum absolute atomic E-state index is 0.615. The van der Waals surface area contributed by atoms with Crippen LogP contribution >= 0.6 is 11.8 Å². The van der Waals surface area contributed by atoms with Crippen LogP contribution in [-0.4, -0.2) is 48.1 Å². The average Bonchev–Trinajstić information content (AvgIpc) is 2.88. The minimum Gasteiger partial charge on any atom is -0.311 e. The molecule has 3 heteroatoms. The molecule has 0 spiro atoms. The summed E-state index contributed by atoms with van der Waals surface area (Å²) in [5.74, 6) is 0. The first-order valence-corrected chi connectivity index (χ1v) is 6.86. The van der Waals surface area contributed by atoms with E-state index in [-0.39, 0.29) is 0 Å². The molecule has 0 aromatic carbocycles. The molecule has 1 saturated carbocycles. The van der Waals surface area contributed by atoms with Crippen LogP contribution < -0.4 is 5.32 Å². The molecule has 1 saturated heterocycles. The van der Waals surface area contributed by atoms with Crippen molar-refractivity contribution in [3.63, 3.8) is 0 Å². The Kier molecular flexibility index (Phi) is 3.10. The molecular formula is C11H22N2S. The fourth-order valence-electron chi connectivity index (χ4n) is 2.26. The highest BCUT2D eigenvalue weighted by atomic mass is 32.2. The van der Waals surface area contributed by atoms with Crippen LogP contribution in [0, 0.1) is 0 Å². The van der Waals surface area contributed by atoms with Gasteiger partial charge in [-0.25, -0.2) is 0 Å². The summed E-state index contributed by atoms with van der Waals surface area (Å²) < 4.78 is 0.615. The zero-order valence-electron chi connectivity index (χ0n) is 9.55. The fraction of sp³-hybridized carbons (Fsp3) is 1.00. The second-order valence-corrected chi connectivity index (χ2v) is 6.26. The van der Waals surface area contributed by atoms with Crippen LogP contribution in [0.25, 0.3) is 0 Å². The van der Waals surface area contributed by atoms with E-state index in [0.29, 0.717) is 4.75 Å². The van der Waals surface area contributed by atoms with E-state index in [1.165, 1.54) is 32.4 Å². The first-order chi connectivity index (χ1) is 6.65.